The van der Waals surface area contributed by atoms with Crippen molar-refractivity contribution in [3.05, 3.63) is 0 Å². The third kappa shape index (κ3) is 2.27. The molecule has 1 saturated carbocycles. The Balaban J connectivity index is 1.79. The Morgan fingerprint density at radius 3 is 2.43 bits per heavy atom. The van der Waals surface area contributed by atoms with Crippen LogP contribution in [0.15, 0.2) is 0 Å². The van der Waals surface area contributed by atoms with Gasteiger partial charge in [-0.2, -0.15) is 0 Å². The monoisotopic (exact) mass is 198 g/mol. The van der Waals surface area contributed by atoms with Gasteiger partial charge in [0.25, 0.3) is 0 Å². The number of hydrogen-bond acceptors (Lipinski definition) is 3. The molecule has 1 saturated heterocycles. The first kappa shape index (κ1) is 10.4. The van der Waals surface area contributed by atoms with Crippen LogP contribution in [0.5, 0.6) is 0 Å². The molecule has 3 nitrogen and oxygen atoms in total. The molecular formula is C11H22N2O. The molecule has 0 amide bonds. The summed E-state index contributed by atoms with van der Waals surface area (Å²) in [5, 5.41) is 0. The predicted octanol–water partition coefficient (Wildman–Crippen LogP) is 0.977. The first-order valence-corrected chi connectivity index (χ1v) is 5.82. The lowest BCUT2D eigenvalue weighted by atomic mass is 9.91. The summed E-state index contributed by atoms with van der Waals surface area (Å²) in [6, 6.07) is 1.25. The number of rotatable bonds is 2. The van der Waals surface area contributed by atoms with Gasteiger partial charge in [-0.3, -0.25) is 4.90 Å². The van der Waals surface area contributed by atoms with E-state index in [-0.39, 0.29) is 0 Å². The second-order valence-electron chi connectivity index (χ2n) is 4.71. The largest absolute Gasteiger partial charge is 0.380 e. The second-order valence-corrected chi connectivity index (χ2v) is 4.71. The van der Waals surface area contributed by atoms with E-state index in [0.717, 1.165) is 12.6 Å². The van der Waals surface area contributed by atoms with Gasteiger partial charge in [0.05, 0.1) is 6.10 Å². The summed E-state index contributed by atoms with van der Waals surface area (Å²) in [7, 11) is 1.82. The van der Waals surface area contributed by atoms with Gasteiger partial charge in [-0.1, -0.05) is 0 Å². The van der Waals surface area contributed by atoms with E-state index < -0.39 is 0 Å². The number of ether oxygens (including phenoxy) is 1. The first-order valence-electron chi connectivity index (χ1n) is 5.82. The summed E-state index contributed by atoms with van der Waals surface area (Å²) in [4.78, 5) is 2.60. The highest BCUT2D eigenvalue weighted by atomic mass is 16.5. The number of nitrogens with zero attached hydrogens (tertiary/aromatic N) is 1. The number of methoxy groups -OCH3 is 1. The highest BCUT2D eigenvalue weighted by Gasteiger charge is 2.30. The van der Waals surface area contributed by atoms with Crippen LogP contribution in [-0.2, 0) is 4.74 Å². The molecule has 82 valence electrons. The zero-order valence-electron chi connectivity index (χ0n) is 9.11. The molecule has 2 fully saturated rings. The zero-order chi connectivity index (χ0) is 9.97. The molecule has 3 heteroatoms. The molecule has 14 heavy (non-hydrogen) atoms. The van der Waals surface area contributed by atoms with E-state index in [2.05, 4.69) is 4.90 Å². The van der Waals surface area contributed by atoms with E-state index in [1.54, 1.807) is 0 Å². The Morgan fingerprint density at radius 2 is 1.86 bits per heavy atom. The molecule has 2 aliphatic rings. The van der Waals surface area contributed by atoms with Crippen LogP contribution in [0, 0.1) is 0 Å². The molecule has 1 unspecified atom stereocenters. The Morgan fingerprint density at radius 1 is 1.14 bits per heavy atom. The second kappa shape index (κ2) is 4.60. The number of nitrogens with two attached hydrogens (primary N) is 1. The fourth-order valence-corrected chi connectivity index (χ4v) is 2.74. The van der Waals surface area contributed by atoms with Crippen molar-refractivity contribution in [2.75, 3.05) is 20.2 Å². The van der Waals surface area contributed by atoms with Crippen molar-refractivity contribution in [2.45, 2.75) is 50.3 Å². The van der Waals surface area contributed by atoms with Crippen LogP contribution in [0.4, 0.5) is 0 Å². The molecule has 1 aliphatic carbocycles. The van der Waals surface area contributed by atoms with Gasteiger partial charge in [-0.25, -0.2) is 0 Å². The third-order valence-electron chi connectivity index (χ3n) is 3.77. The van der Waals surface area contributed by atoms with Crippen LogP contribution in [0.25, 0.3) is 0 Å². The lowest BCUT2D eigenvalue weighted by Crippen LogP contribution is -2.40. The quantitative estimate of drug-likeness (QED) is 0.719. The normalized spacial score (nSPS) is 40.3. The molecule has 1 heterocycles. The average Bonchev–Trinajstić information content (AvgIpc) is 2.67. The standard InChI is InChI=1S/C11H22N2O/c1-14-11-6-7-13(8-11)10-4-2-9(12)3-5-10/h9-11H,2-8,12H2,1H3. The lowest BCUT2D eigenvalue weighted by Gasteiger charge is -2.33. The van der Waals surface area contributed by atoms with E-state index >= 15 is 0 Å². The van der Waals surface area contributed by atoms with Crippen molar-refractivity contribution >= 4 is 0 Å². The average molecular weight is 198 g/mol. The van der Waals surface area contributed by atoms with Crippen LogP contribution >= 0.6 is 0 Å². The van der Waals surface area contributed by atoms with E-state index in [9.17, 15) is 0 Å². The summed E-state index contributed by atoms with van der Waals surface area (Å²) in [6.07, 6.45) is 6.68. The molecule has 0 aromatic rings. The fourth-order valence-electron chi connectivity index (χ4n) is 2.74. The molecule has 2 rings (SSSR count). The maximum atomic E-state index is 5.91. The Labute approximate surface area is 86.6 Å². The molecule has 0 aromatic carbocycles. The Hall–Kier alpha value is -0.120. The molecule has 0 radical (unpaired) electrons. The van der Waals surface area contributed by atoms with Crippen molar-refractivity contribution in [3.8, 4) is 0 Å². The van der Waals surface area contributed by atoms with Gasteiger partial charge in [-0.15, -0.1) is 0 Å². The minimum absolute atomic E-state index is 0.465. The minimum Gasteiger partial charge on any atom is -0.380 e. The molecule has 2 N–H and O–H groups in total. The highest BCUT2D eigenvalue weighted by Crippen LogP contribution is 2.25. The Kier molecular flexibility index (Phi) is 3.42. The highest BCUT2D eigenvalue weighted by molar-refractivity contribution is 4.86. The number of hydrogen-bond donors (Lipinski definition) is 1. The summed E-state index contributed by atoms with van der Waals surface area (Å²) >= 11 is 0. The topological polar surface area (TPSA) is 38.5 Å². The van der Waals surface area contributed by atoms with Gasteiger partial charge in [0, 0.05) is 32.3 Å². The van der Waals surface area contributed by atoms with Crippen molar-refractivity contribution in [1.82, 2.24) is 4.90 Å². The van der Waals surface area contributed by atoms with Gasteiger partial charge in [0.2, 0.25) is 0 Å². The third-order valence-corrected chi connectivity index (χ3v) is 3.77. The van der Waals surface area contributed by atoms with E-state index in [1.807, 2.05) is 7.11 Å². The van der Waals surface area contributed by atoms with Crippen LogP contribution in [0.2, 0.25) is 0 Å². The van der Waals surface area contributed by atoms with Gasteiger partial charge in [-0.05, 0) is 32.1 Å². The zero-order valence-corrected chi connectivity index (χ0v) is 9.11. The van der Waals surface area contributed by atoms with Gasteiger partial charge < -0.3 is 10.5 Å². The summed E-state index contributed by atoms with van der Waals surface area (Å²) in [6.45, 7) is 2.36. The molecule has 1 atom stereocenters. The maximum absolute atomic E-state index is 5.91. The maximum Gasteiger partial charge on any atom is 0.0710 e. The van der Waals surface area contributed by atoms with Crippen molar-refractivity contribution < 1.29 is 4.74 Å². The van der Waals surface area contributed by atoms with Crippen LogP contribution in [-0.4, -0.2) is 43.3 Å². The number of likely N-dealkylation sites (tertiary alicyclic amines) is 1. The summed E-state index contributed by atoms with van der Waals surface area (Å²) in [5.74, 6) is 0. The minimum atomic E-state index is 0.465. The van der Waals surface area contributed by atoms with Crippen LogP contribution in [0.3, 0.4) is 0 Å². The van der Waals surface area contributed by atoms with Gasteiger partial charge in [0.15, 0.2) is 0 Å². The fraction of sp³-hybridized carbons (Fsp3) is 1.00. The van der Waals surface area contributed by atoms with Gasteiger partial charge in [0.1, 0.15) is 0 Å². The lowest BCUT2D eigenvalue weighted by molar-refractivity contribution is 0.0943. The van der Waals surface area contributed by atoms with Crippen molar-refractivity contribution in [1.29, 1.82) is 0 Å². The Bertz CT molecular complexity index is 178. The van der Waals surface area contributed by atoms with Crippen LogP contribution < -0.4 is 5.73 Å². The molecule has 0 bridgehead atoms. The predicted molar refractivity (Wildman–Crippen MR) is 57.2 cm³/mol. The van der Waals surface area contributed by atoms with Crippen molar-refractivity contribution in [3.63, 3.8) is 0 Å². The SMILES string of the molecule is COC1CCN(C2CCC(N)CC2)C1. The van der Waals surface area contributed by atoms with Crippen molar-refractivity contribution in [2.24, 2.45) is 5.73 Å². The summed E-state index contributed by atoms with van der Waals surface area (Å²) < 4.78 is 5.39. The first-order chi connectivity index (χ1) is 6.79. The molecule has 0 spiro atoms. The van der Waals surface area contributed by atoms with E-state index in [1.165, 1.54) is 38.6 Å². The molecule has 0 aromatic heterocycles. The molecule has 1 aliphatic heterocycles. The molecular weight excluding hydrogens is 176 g/mol. The van der Waals surface area contributed by atoms with Crippen LogP contribution in [0.1, 0.15) is 32.1 Å². The van der Waals surface area contributed by atoms with Gasteiger partial charge >= 0.3 is 0 Å². The van der Waals surface area contributed by atoms with E-state index in [4.69, 9.17) is 10.5 Å². The summed E-state index contributed by atoms with van der Waals surface area (Å²) in [5.41, 5.74) is 5.91. The smallest absolute Gasteiger partial charge is 0.0710 e. The van der Waals surface area contributed by atoms with E-state index in [0.29, 0.717) is 12.1 Å².